The minimum Gasteiger partial charge on any atom is -0.353 e. The molecule has 17 heavy (non-hydrogen) atoms. The molecule has 0 heterocycles. The maximum Gasteiger partial charge on any atom is 0.224 e. The Balaban J connectivity index is 2.55. The molecule has 3 atom stereocenters. The van der Waals surface area contributed by atoms with Crippen LogP contribution in [0.2, 0.25) is 0 Å². The first-order valence-electron chi connectivity index (χ1n) is 7.10. The number of hydrogen-bond acceptors (Lipinski definition) is 2. The van der Waals surface area contributed by atoms with Crippen molar-refractivity contribution in [3.63, 3.8) is 0 Å². The van der Waals surface area contributed by atoms with Crippen LogP contribution in [0.3, 0.4) is 0 Å². The summed E-state index contributed by atoms with van der Waals surface area (Å²) in [6.45, 7) is 7.00. The summed E-state index contributed by atoms with van der Waals surface area (Å²) in [6.07, 6.45) is 5.77. The zero-order valence-electron chi connectivity index (χ0n) is 11.5. The molecule has 3 unspecified atom stereocenters. The topological polar surface area (TPSA) is 55.1 Å². The standard InChI is InChI=1S/C14H28N2O/c1-4-11(9-15)14(17)16-13-8-6-5-7-12(13)10(2)3/h10-13H,4-9,15H2,1-3H3,(H,16,17). The SMILES string of the molecule is CCC(CN)C(=O)NC1CCCCC1C(C)C. The molecule has 3 heteroatoms. The summed E-state index contributed by atoms with van der Waals surface area (Å²) in [5.74, 6) is 1.44. The second-order valence-corrected chi connectivity index (χ2v) is 5.65. The molecule has 3 nitrogen and oxygen atoms in total. The summed E-state index contributed by atoms with van der Waals surface area (Å²) >= 11 is 0. The fourth-order valence-electron chi connectivity index (χ4n) is 2.90. The molecule has 100 valence electrons. The molecule has 0 spiro atoms. The smallest absolute Gasteiger partial charge is 0.224 e. The van der Waals surface area contributed by atoms with Crippen molar-refractivity contribution >= 4 is 5.91 Å². The average molecular weight is 240 g/mol. The van der Waals surface area contributed by atoms with Crippen molar-refractivity contribution in [1.82, 2.24) is 5.32 Å². The molecule has 1 saturated carbocycles. The largest absolute Gasteiger partial charge is 0.353 e. The molecule has 0 saturated heterocycles. The Morgan fingerprint density at radius 1 is 1.35 bits per heavy atom. The predicted octanol–water partition coefficient (Wildman–Crippen LogP) is 2.30. The molecule has 1 amide bonds. The minimum absolute atomic E-state index is 0.00950. The molecule has 3 N–H and O–H groups in total. The molecule has 1 fully saturated rings. The molecule has 0 bridgehead atoms. The third kappa shape index (κ3) is 3.98. The maximum atomic E-state index is 12.1. The lowest BCUT2D eigenvalue weighted by atomic mass is 9.77. The van der Waals surface area contributed by atoms with Gasteiger partial charge in [0.1, 0.15) is 0 Å². The Labute approximate surface area is 106 Å². The van der Waals surface area contributed by atoms with Gasteiger partial charge in [-0.25, -0.2) is 0 Å². The minimum atomic E-state index is -0.00950. The Morgan fingerprint density at radius 3 is 2.53 bits per heavy atom. The van der Waals surface area contributed by atoms with Gasteiger partial charge in [0.25, 0.3) is 0 Å². The van der Waals surface area contributed by atoms with Crippen molar-refractivity contribution in [2.45, 2.75) is 58.9 Å². The molecular formula is C14H28N2O. The van der Waals surface area contributed by atoms with Crippen LogP contribution in [0.4, 0.5) is 0 Å². The zero-order valence-corrected chi connectivity index (χ0v) is 11.5. The van der Waals surface area contributed by atoms with Gasteiger partial charge in [-0.15, -0.1) is 0 Å². The highest BCUT2D eigenvalue weighted by Crippen LogP contribution is 2.30. The zero-order chi connectivity index (χ0) is 12.8. The molecule has 0 aliphatic heterocycles. The third-order valence-electron chi connectivity index (χ3n) is 4.15. The van der Waals surface area contributed by atoms with Crippen LogP contribution in [0.15, 0.2) is 0 Å². The van der Waals surface area contributed by atoms with E-state index in [1.165, 1.54) is 19.3 Å². The predicted molar refractivity (Wildman–Crippen MR) is 71.6 cm³/mol. The van der Waals surface area contributed by atoms with E-state index in [0.29, 0.717) is 24.4 Å². The Bertz CT molecular complexity index is 236. The van der Waals surface area contributed by atoms with Crippen LogP contribution in [-0.4, -0.2) is 18.5 Å². The molecule has 0 aromatic carbocycles. The second kappa shape index (κ2) is 7.00. The van der Waals surface area contributed by atoms with E-state index < -0.39 is 0 Å². The van der Waals surface area contributed by atoms with Crippen LogP contribution in [0.1, 0.15) is 52.9 Å². The lowest BCUT2D eigenvalue weighted by Crippen LogP contribution is -2.47. The first kappa shape index (κ1) is 14.5. The van der Waals surface area contributed by atoms with Crippen LogP contribution in [0.25, 0.3) is 0 Å². The van der Waals surface area contributed by atoms with Crippen molar-refractivity contribution in [1.29, 1.82) is 0 Å². The van der Waals surface area contributed by atoms with Crippen LogP contribution < -0.4 is 11.1 Å². The highest BCUT2D eigenvalue weighted by molar-refractivity contribution is 5.79. The third-order valence-corrected chi connectivity index (χ3v) is 4.15. The second-order valence-electron chi connectivity index (χ2n) is 5.65. The van der Waals surface area contributed by atoms with Crippen molar-refractivity contribution in [2.24, 2.45) is 23.5 Å². The number of carbonyl (C=O) groups excluding carboxylic acids is 1. The normalized spacial score (nSPS) is 26.9. The van der Waals surface area contributed by atoms with E-state index in [0.717, 1.165) is 12.8 Å². The van der Waals surface area contributed by atoms with E-state index in [-0.39, 0.29) is 11.8 Å². The number of carbonyl (C=O) groups is 1. The number of rotatable bonds is 5. The molecule has 1 aliphatic carbocycles. The fourth-order valence-corrected chi connectivity index (χ4v) is 2.90. The van der Waals surface area contributed by atoms with E-state index >= 15 is 0 Å². The molecule has 1 rings (SSSR count). The van der Waals surface area contributed by atoms with E-state index in [2.05, 4.69) is 19.2 Å². The van der Waals surface area contributed by atoms with Gasteiger partial charge in [0, 0.05) is 18.5 Å². The van der Waals surface area contributed by atoms with Crippen LogP contribution >= 0.6 is 0 Å². The lowest BCUT2D eigenvalue weighted by molar-refractivity contribution is -0.126. The highest BCUT2D eigenvalue weighted by Gasteiger charge is 2.29. The molecular weight excluding hydrogens is 212 g/mol. The van der Waals surface area contributed by atoms with Crippen molar-refractivity contribution in [3.05, 3.63) is 0 Å². The molecule has 0 aromatic rings. The number of hydrogen-bond donors (Lipinski definition) is 2. The van der Waals surface area contributed by atoms with E-state index in [9.17, 15) is 4.79 Å². The van der Waals surface area contributed by atoms with Crippen molar-refractivity contribution < 1.29 is 4.79 Å². The Hall–Kier alpha value is -0.570. The van der Waals surface area contributed by atoms with Gasteiger partial charge < -0.3 is 11.1 Å². The summed E-state index contributed by atoms with van der Waals surface area (Å²) in [5, 5.41) is 3.23. The number of amides is 1. The molecule has 0 radical (unpaired) electrons. The van der Waals surface area contributed by atoms with Gasteiger partial charge in [0.05, 0.1) is 0 Å². The van der Waals surface area contributed by atoms with Gasteiger partial charge in [-0.3, -0.25) is 4.79 Å². The van der Waals surface area contributed by atoms with Crippen LogP contribution in [0, 0.1) is 17.8 Å². The van der Waals surface area contributed by atoms with E-state index in [1.807, 2.05) is 6.92 Å². The highest BCUT2D eigenvalue weighted by atomic mass is 16.1. The molecule has 0 aromatic heterocycles. The Morgan fingerprint density at radius 2 is 2.00 bits per heavy atom. The van der Waals surface area contributed by atoms with Crippen LogP contribution in [-0.2, 0) is 4.79 Å². The summed E-state index contributed by atoms with van der Waals surface area (Å²) < 4.78 is 0. The van der Waals surface area contributed by atoms with E-state index in [4.69, 9.17) is 5.73 Å². The fraction of sp³-hybridized carbons (Fsp3) is 0.929. The van der Waals surface area contributed by atoms with Gasteiger partial charge in [-0.05, 0) is 31.1 Å². The first-order chi connectivity index (χ1) is 8.10. The van der Waals surface area contributed by atoms with Crippen LogP contribution in [0.5, 0.6) is 0 Å². The summed E-state index contributed by atoms with van der Waals surface area (Å²) in [4.78, 5) is 12.1. The van der Waals surface area contributed by atoms with Gasteiger partial charge in [0.15, 0.2) is 0 Å². The summed E-state index contributed by atoms with van der Waals surface area (Å²) in [6, 6.07) is 0.372. The van der Waals surface area contributed by atoms with Gasteiger partial charge in [-0.2, -0.15) is 0 Å². The summed E-state index contributed by atoms with van der Waals surface area (Å²) in [5.41, 5.74) is 5.62. The van der Waals surface area contributed by atoms with Gasteiger partial charge in [0.2, 0.25) is 5.91 Å². The summed E-state index contributed by atoms with van der Waals surface area (Å²) in [7, 11) is 0. The monoisotopic (exact) mass is 240 g/mol. The Kier molecular flexibility index (Phi) is 5.96. The molecule has 1 aliphatic rings. The van der Waals surface area contributed by atoms with Crippen molar-refractivity contribution in [2.75, 3.05) is 6.54 Å². The van der Waals surface area contributed by atoms with Gasteiger partial charge >= 0.3 is 0 Å². The van der Waals surface area contributed by atoms with Gasteiger partial charge in [-0.1, -0.05) is 33.6 Å². The number of nitrogens with one attached hydrogen (secondary N) is 1. The van der Waals surface area contributed by atoms with E-state index in [1.54, 1.807) is 0 Å². The lowest BCUT2D eigenvalue weighted by Gasteiger charge is -2.35. The van der Waals surface area contributed by atoms with Crippen molar-refractivity contribution in [3.8, 4) is 0 Å². The maximum absolute atomic E-state index is 12.1. The first-order valence-corrected chi connectivity index (χ1v) is 7.10. The number of nitrogens with two attached hydrogens (primary N) is 1. The quantitative estimate of drug-likeness (QED) is 0.774. The average Bonchev–Trinajstić information content (AvgIpc) is 2.31.